The Morgan fingerprint density at radius 3 is 2.90 bits per heavy atom. The standard InChI is InChI=1S/C17H25NO.ClH/c1-4-7-14-13-8-6-9-17(19-3)15(13)10-11-16(14)18-12-5-2;/h4,6,8-9,14,16,18H,1,5,7,10-12H2,2-3H3;1H/t14-,16-;/m0./s1. The molecule has 0 radical (unpaired) electrons. The second-order valence-electron chi connectivity index (χ2n) is 5.26. The Balaban J connectivity index is 0.00000200. The van der Waals surface area contributed by atoms with Gasteiger partial charge in [-0.25, -0.2) is 0 Å². The lowest BCUT2D eigenvalue weighted by Crippen LogP contribution is -2.38. The van der Waals surface area contributed by atoms with E-state index in [0.29, 0.717) is 12.0 Å². The molecule has 1 aliphatic carbocycles. The van der Waals surface area contributed by atoms with Gasteiger partial charge in [0.05, 0.1) is 7.11 Å². The first kappa shape index (κ1) is 17.1. The summed E-state index contributed by atoms with van der Waals surface area (Å²) in [5.74, 6) is 1.57. The Hall–Kier alpha value is -0.990. The molecular weight excluding hydrogens is 270 g/mol. The minimum Gasteiger partial charge on any atom is -0.496 e. The summed E-state index contributed by atoms with van der Waals surface area (Å²) in [6.07, 6.45) is 6.55. The lowest BCUT2D eigenvalue weighted by atomic mass is 9.77. The van der Waals surface area contributed by atoms with Crippen molar-refractivity contribution < 1.29 is 4.74 Å². The highest BCUT2D eigenvalue weighted by Crippen LogP contribution is 2.38. The van der Waals surface area contributed by atoms with Gasteiger partial charge in [0.25, 0.3) is 0 Å². The van der Waals surface area contributed by atoms with Crippen molar-refractivity contribution in [3.05, 3.63) is 42.0 Å². The van der Waals surface area contributed by atoms with Crippen molar-refractivity contribution in [2.75, 3.05) is 13.7 Å². The Bertz CT molecular complexity index is 433. The van der Waals surface area contributed by atoms with Crippen LogP contribution in [0.4, 0.5) is 0 Å². The summed E-state index contributed by atoms with van der Waals surface area (Å²) < 4.78 is 5.51. The molecule has 0 unspecified atom stereocenters. The summed E-state index contributed by atoms with van der Waals surface area (Å²) in [7, 11) is 1.76. The molecule has 3 heteroatoms. The van der Waals surface area contributed by atoms with E-state index in [9.17, 15) is 0 Å². The molecule has 20 heavy (non-hydrogen) atoms. The number of halogens is 1. The molecule has 0 heterocycles. The van der Waals surface area contributed by atoms with Crippen LogP contribution in [0.3, 0.4) is 0 Å². The highest BCUT2D eigenvalue weighted by molar-refractivity contribution is 5.85. The summed E-state index contributed by atoms with van der Waals surface area (Å²) in [6.45, 7) is 7.24. The topological polar surface area (TPSA) is 21.3 Å². The zero-order valence-electron chi connectivity index (χ0n) is 12.5. The van der Waals surface area contributed by atoms with Gasteiger partial charge >= 0.3 is 0 Å². The van der Waals surface area contributed by atoms with Gasteiger partial charge in [-0.2, -0.15) is 0 Å². The Labute approximate surface area is 129 Å². The summed E-state index contributed by atoms with van der Waals surface area (Å²) in [6, 6.07) is 7.00. The number of ether oxygens (including phenoxy) is 1. The smallest absolute Gasteiger partial charge is 0.122 e. The highest BCUT2D eigenvalue weighted by Gasteiger charge is 2.29. The Morgan fingerprint density at radius 2 is 2.25 bits per heavy atom. The van der Waals surface area contributed by atoms with Gasteiger partial charge in [0.2, 0.25) is 0 Å². The number of nitrogens with one attached hydrogen (secondary N) is 1. The molecule has 2 nitrogen and oxygen atoms in total. The molecule has 0 spiro atoms. The van der Waals surface area contributed by atoms with Crippen molar-refractivity contribution in [2.45, 2.75) is 44.6 Å². The fourth-order valence-corrected chi connectivity index (χ4v) is 3.15. The predicted molar refractivity (Wildman–Crippen MR) is 88.2 cm³/mol. The fourth-order valence-electron chi connectivity index (χ4n) is 3.15. The first-order chi connectivity index (χ1) is 9.31. The number of allylic oxidation sites excluding steroid dienone is 1. The van der Waals surface area contributed by atoms with Gasteiger partial charge in [0.15, 0.2) is 0 Å². The molecule has 0 saturated carbocycles. The van der Waals surface area contributed by atoms with Gasteiger partial charge in [0.1, 0.15) is 5.75 Å². The molecule has 0 bridgehead atoms. The van der Waals surface area contributed by atoms with Crippen molar-refractivity contribution in [1.82, 2.24) is 5.32 Å². The predicted octanol–water partition coefficient (Wildman–Crippen LogP) is 4.09. The number of methoxy groups -OCH3 is 1. The molecule has 2 rings (SSSR count). The van der Waals surface area contributed by atoms with E-state index in [1.165, 1.54) is 24.0 Å². The van der Waals surface area contributed by atoms with Gasteiger partial charge < -0.3 is 10.1 Å². The van der Waals surface area contributed by atoms with Gasteiger partial charge in [0, 0.05) is 12.0 Å². The molecule has 1 aliphatic rings. The third-order valence-corrected chi connectivity index (χ3v) is 4.06. The van der Waals surface area contributed by atoms with Gasteiger partial charge in [-0.05, 0) is 49.4 Å². The number of benzene rings is 1. The van der Waals surface area contributed by atoms with E-state index >= 15 is 0 Å². The van der Waals surface area contributed by atoms with Crippen LogP contribution in [0.2, 0.25) is 0 Å². The third-order valence-electron chi connectivity index (χ3n) is 4.06. The normalized spacial score (nSPS) is 20.7. The van der Waals surface area contributed by atoms with E-state index in [4.69, 9.17) is 4.74 Å². The van der Waals surface area contributed by atoms with Gasteiger partial charge in [-0.15, -0.1) is 19.0 Å². The van der Waals surface area contributed by atoms with Crippen LogP contribution >= 0.6 is 12.4 Å². The van der Waals surface area contributed by atoms with Crippen LogP contribution < -0.4 is 10.1 Å². The number of rotatable bonds is 6. The second kappa shape index (κ2) is 8.33. The summed E-state index contributed by atoms with van der Waals surface area (Å²) in [5, 5.41) is 3.70. The van der Waals surface area contributed by atoms with Crippen molar-refractivity contribution in [2.24, 2.45) is 0 Å². The molecule has 1 N–H and O–H groups in total. The first-order valence-electron chi connectivity index (χ1n) is 7.31. The molecule has 2 atom stereocenters. The average molecular weight is 296 g/mol. The number of fused-ring (bicyclic) bond motifs is 1. The molecule has 0 saturated heterocycles. The average Bonchev–Trinajstić information content (AvgIpc) is 2.46. The van der Waals surface area contributed by atoms with E-state index in [-0.39, 0.29) is 12.4 Å². The largest absolute Gasteiger partial charge is 0.496 e. The van der Waals surface area contributed by atoms with Gasteiger partial charge in [-0.3, -0.25) is 0 Å². The lowest BCUT2D eigenvalue weighted by molar-refractivity contribution is 0.369. The summed E-state index contributed by atoms with van der Waals surface area (Å²) in [5.41, 5.74) is 2.84. The van der Waals surface area contributed by atoms with Crippen LogP contribution in [0.1, 0.15) is 43.2 Å². The van der Waals surface area contributed by atoms with Gasteiger partial charge in [-0.1, -0.05) is 25.1 Å². The number of hydrogen-bond acceptors (Lipinski definition) is 2. The molecule has 0 amide bonds. The Kier molecular flexibility index (Phi) is 7.11. The maximum absolute atomic E-state index is 5.51. The molecule has 0 aromatic heterocycles. The number of hydrogen-bond donors (Lipinski definition) is 1. The van der Waals surface area contributed by atoms with E-state index in [1.807, 2.05) is 6.08 Å². The van der Waals surface area contributed by atoms with Crippen LogP contribution in [0.25, 0.3) is 0 Å². The van der Waals surface area contributed by atoms with E-state index < -0.39 is 0 Å². The first-order valence-corrected chi connectivity index (χ1v) is 7.31. The minimum absolute atomic E-state index is 0. The maximum atomic E-state index is 5.51. The van der Waals surface area contributed by atoms with Crippen LogP contribution in [0.5, 0.6) is 5.75 Å². The SMILES string of the molecule is C=CC[C@H]1c2cccc(OC)c2CC[C@@H]1NCCC.Cl. The van der Waals surface area contributed by atoms with E-state index in [0.717, 1.165) is 25.1 Å². The van der Waals surface area contributed by atoms with Crippen molar-refractivity contribution in [3.8, 4) is 5.75 Å². The van der Waals surface area contributed by atoms with Crippen LogP contribution in [-0.4, -0.2) is 19.7 Å². The lowest BCUT2D eigenvalue weighted by Gasteiger charge is -2.34. The van der Waals surface area contributed by atoms with E-state index in [1.54, 1.807) is 7.11 Å². The zero-order chi connectivity index (χ0) is 13.7. The molecule has 112 valence electrons. The summed E-state index contributed by atoms with van der Waals surface area (Å²) in [4.78, 5) is 0. The van der Waals surface area contributed by atoms with Crippen molar-refractivity contribution >= 4 is 12.4 Å². The van der Waals surface area contributed by atoms with Crippen molar-refractivity contribution in [3.63, 3.8) is 0 Å². The monoisotopic (exact) mass is 295 g/mol. The minimum atomic E-state index is 0. The van der Waals surface area contributed by atoms with Crippen LogP contribution in [0.15, 0.2) is 30.9 Å². The quantitative estimate of drug-likeness (QED) is 0.798. The second-order valence-corrected chi connectivity index (χ2v) is 5.26. The summed E-state index contributed by atoms with van der Waals surface area (Å²) >= 11 is 0. The Morgan fingerprint density at radius 1 is 1.45 bits per heavy atom. The molecule has 1 aromatic rings. The van der Waals surface area contributed by atoms with Crippen LogP contribution in [-0.2, 0) is 6.42 Å². The fraction of sp³-hybridized carbons (Fsp3) is 0.529. The molecule has 0 aliphatic heterocycles. The van der Waals surface area contributed by atoms with Crippen molar-refractivity contribution in [1.29, 1.82) is 0 Å². The van der Waals surface area contributed by atoms with Crippen LogP contribution in [0, 0.1) is 0 Å². The van der Waals surface area contributed by atoms with E-state index in [2.05, 4.69) is 37.0 Å². The highest BCUT2D eigenvalue weighted by atomic mass is 35.5. The molecule has 1 aromatic carbocycles. The molecule has 0 fully saturated rings. The molecular formula is C17H26ClNO. The zero-order valence-corrected chi connectivity index (χ0v) is 13.3. The third kappa shape index (κ3) is 3.56. The maximum Gasteiger partial charge on any atom is 0.122 e.